The summed E-state index contributed by atoms with van der Waals surface area (Å²) in [6.07, 6.45) is -8.87. The molecule has 1 aromatic heterocycles. The molecule has 3 aromatic rings. The molecule has 1 aliphatic rings. The first-order chi connectivity index (χ1) is 20.1. The molecule has 0 aliphatic carbocycles. The first-order valence-electron chi connectivity index (χ1n) is 12.0. The number of carbonyl (C=O) groups excluding carboxylic acids is 2. The number of hydrogen-bond donors (Lipinski definition) is 3. The number of anilines is 1. The van der Waals surface area contributed by atoms with Gasteiger partial charge in [0.05, 0.1) is 21.6 Å². The van der Waals surface area contributed by atoms with Gasteiger partial charge in [0.15, 0.2) is 0 Å². The highest BCUT2D eigenvalue weighted by Crippen LogP contribution is 2.41. The van der Waals surface area contributed by atoms with Gasteiger partial charge >= 0.3 is 18.3 Å². The lowest BCUT2D eigenvalue weighted by Crippen LogP contribution is -2.46. The molecular formula is C27H18F6N2O5S3. The van der Waals surface area contributed by atoms with E-state index in [1.54, 1.807) is 0 Å². The normalized spacial score (nSPS) is 15.7. The molecule has 0 bridgehead atoms. The van der Waals surface area contributed by atoms with Crippen LogP contribution in [0.2, 0.25) is 0 Å². The van der Waals surface area contributed by atoms with Crippen molar-refractivity contribution in [2.75, 3.05) is 11.9 Å². The van der Waals surface area contributed by atoms with Gasteiger partial charge in [-0.15, -0.1) is 11.3 Å². The summed E-state index contributed by atoms with van der Waals surface area (Å²) in [4.78, 5) is 38.7. The number of aromatic carboxylic acids is 1. The van der Waals surface area contributed by atoms with Crippen LogP contribution in [0.3, 0.4) is 0 Å². The maximum Gasteiger partial charge on any atom is 0.416 e. The zero-order chi connectivity index (χ0) is 31.7. The third kappa shape index (κ3) is 7.44. The maximum absolute atomic E-state index is 13.3. The van der Waals surface area contributed by atoms with Crippen LogP contribution < -0.4 is 5.32 Å². The van der Waals surface area contributed by atoms with Gasteiger partial charge in [-0.25, -0.2) is 4.79 Å². The van der Waals surface area contributed by atoms with Gasteiger partial charge in [0.1, 0.15) is 10.4 Å². The molecule has 1 saturated heterocycles. The summed E-state index contributed by atoms with van der Waals surface area (Å²) >= 11 is 7.09. The number of carboxylic acids is 1. The van der Waals surface area contributed by atoms with Crippen molar-refractivity contribution in [2.45, 2.75) is 24.8 Å². The Morgan fingerprint density at radius 1 is 0.977 bits per heavy atom. The minimum Gasteiger partial charge on any atom is -0.478 e. The van der Waals surface area contributed by atoms with Crippen molar-refractivity contribution >= 4 is 69.2 Å². The smallest absolute Gasteiger partial charge is 0.416 e. The zero-order valence-electron chi connectivity index (χ0n) is 21.3. The average Bonchev–Trinajstić information content (AvgIpc) is 3.50. The lowest BCUT2D eigenvalue weighted by molar-refractivity contribution is -0.143. The predicted molar refractivity (Wildman–Crippen MR) is 152 cm³/mol. The molecule has 4 rings (SSSR count). The largest absolute Gasteiger partial charge is 0.478 e. The number of carbonyl (C=O) groups is 3. The number of thiophene rings is 1. The van der Waals surface area contributed by atoms with Crippen molar-refractivity contribution in [1.82, 2.24) is 4.90 Å². The van der Waals surface area contributed by atoms with E-state index in [0.717, 1.165) is 28.0 Å². The number of halogens is 6. The number of alkyl halides is 6. The highest BCUT2D eigenvalue weighted by atomic mass is 32.2. The molecule has 0 radical (unpaired) electrons. The Kier molecular flexibility index (Phi) is 9.34. The Morgan fingerprint density at radius 2 is 1.58 bits per heavy atom. The lowest BCUT2D eigenvalue weighted by Gasteiger charge is -2.25. The molecule has 1 atom stereocenters. The van der Waals surface area contributed by atoms with Gasteiger partial charge in [-0.3, -0.25) is 14.5 Å². The van der Waals surface area contributed by atoms with Crippen LogP contribution in [0.15, 0.2) is 58.8 Å². The Hall–Kier alpha value is -3.73. The van der Waals surface area contributed by atoms with E-state index in [2.05, 4.69) is 5.32 Å². The first-order valence-corrected chi connectivity index (χ1v) is 14.1. The number of aliphatic hydroxyl groups is 1. The second-order valence-corrected chi connectivity index (χ2v) is 11.6. The summed E-state index contributed by atoms with van der Waals surface area (Å²) in [6, 6.07) is 6.54. The Labute approximate surface area is 252 Å². The molecule has 2 aromatic carbocycles. The molecule has 43 heavy (non-hydrogen) atoms. The SMILES string of the molecule is O=C(O)c1ccc(NC(=O)[C@H](CCO)N2C(=O)C(=Cc3cc(-c4cc(C(F)(F)F)cc(C(F)(F)F)c4)cs3)SC2=S)cc1. The van der Waals surface area contributed by atoms with Crippen molar-refractivity contribution < 1.29 is 50.9 Å². The molecule has 1 aliphatic heterocycles. The van der Waals surface area contributed by atoms with Crippen molar-refractivity contribution in [2.24, 2.45) is 0 Å². The number of nitrogens with zero attached hydrogens (tertiary/aromatic N) is 1. The number of rotatable bonds is 8. The van der Waals surface area contributed by atoms with E-state index in [4.69, 9.17) is 17.3 Å². The van der Waals surface area contributed by atoms with E-state index in [-0.39, 0.29) is 44.1 Å². The topological polar surface area (TPSA) is 107 Å². The van der Waals surface area contributed by atoms with Crippen molar-refractivity contribution in [1.29, 1.82) is 0 Å². The van der Waals surface area contributed by atoms with E-state index in [1.807, 2.05) is 0 Å². The minimum atomic E-state index is -5.01. The third-order valence-corrected chi connectivity index (χ3v) is 8.26. The van der Waals surface area contributed by atoms with Crippen LogP contribution in [-0.2, 0) is 21.9 Å². The van der Waals surface area contributed by atoms with Gasteiger partial charge in [0.2, 0.25) is 5.91 Å². The van der Waals surface area contributed by atoms with E-state index in [1.165, 1.54) is 41.8 Å². The number of benzene rings is 2. The fourth-order valence-corrected chi connectivity index (χ4v) is 6.27. The van der Waals surface area contributed by atoms with Gasteiger partial charge in [-0.05, 0) is 71.1 Å². The zero-order valence-corrected chi connectivity index (χ0v) is 23.8. The van der Waals surface area contributed by atoms with Gasteiger partial charge in [0.25, 0.3) is 5.91 Å². The van der Waals surface area contributed by atoms with E-state index < -0.39 is 53.9 Å². The first kappa shape index (κ1) is 32.2. The van der Waals surface area contributed by atoms with Crippen LogP contribution in [0.4, 0.5) is 32.0 Å². The van der Waals surface area contributed by atoms with E-state index >= 15 is 0 Å². The van der Waals surface area contributed by atoms with Crippen molar-refractivity contribution in [3.05, 3.63) is 80.4 Å². The number of amides is 2. The molecule has 2 heterocycles. The highest BCUT2D eigenvalue weighted by Gasteiger charge is 2.40. The molecule has 3 N–H and O–H groups in total. The molecule has 0 unspecified atom stereocenters. The number of nitrogens with one attached hydrogen (secondary N) is 1. The van der Waals surface area contributed by atoms with Crippen molar-refractivity contribution in [3.8, 4) is 11.1 Å². The van der Waals surface area contributed by atoms with Crippen LogP contribution in [0, 0.1) is 0 Å². The average molecular weight is 661 g/mol. The van der Waals surface area contributed by atoms with Crippen LogP contribution in [0.5, 0.6) is 0 Å². The molecule has 1 fully saturated rings. The fourth-order valence-electron chi connectivity index (χ4n) is 4.00. The summed E-state index contributed by atoms with van der Waals surface area (Å²) < 4.78 is 79.7. The molecule has 2 amide bonds. The quantitative estimate of drug-likeness (QED) is 0.140. The van der Waals surface area contributed by atoms with Gasteiger partial charge in [-0.1, -0.05) is 24.0 Å². The second-order valence-electron chi connectivity index (χ2n) is 8.98. The molecule has 0 saturated carbocycles. The maximum atomic E-state index is 13.3. The van der Waals surface area contributed by atoms with E-state index in [0.29, 0.717) is 17.0 Å². The number of hydrogen-bond acceptors (Lipinski definition) is 7. The van der Waals surface area contributed by atoms with Crippen LogP contribution >= 0.6 is 35.3 Å². The Bertz CT molecular complexity index is 1580. The third-order valence-electron chi connectivity index (χ3n) is 6.05. The number of thioether (sulfide) groups is 1. The Balaban J connectivity index is 1.58. The van der Waals surface area contributed by atoms with Gasteiger partial charge in [0, 0.05) is 23.6 Å². The molecule has 7 nitrogen and oxygen atoms in total. The Morgan fingerprint density at radius 3 is 2.12 bits per heavy atom. The van der Waals surface area contributed by atoms with Crippen molar-refractivity contribution in [3.63, 3.8) is 0 Å². The van der Waals surface area contributed by atoms with Crippen LogP contribution in [0.1, 0.15) is 32.8 Å². The molecule has 0 spiro atoms. The molecule has 226 valence electrons. The standard InChI is InChI=1S/C27H18F6N2O5S3/c28-26(29,30)16-7-14(8-17(10-16)27(31,32)33)15-9-19(42-12-15)11-21-23(38)35(25(41)43-21)20(5-6-36)22(37)34-18-3-1-13(2-4-18)24(39)40/h1-4,7-12,20,36H,5-6H2,(H,34,37)(H,39,40)/t20-/m0/s1. The van der Waals surface area contributed by atoms with Crippen LogP contribution in [-0.4, -0.2) is 49.9 Å². The summed E-state index contributed by atoms with van der Waals surface area (Å²) in [5.74, 6) is -2.57. The summed E-state index contributed by atoms with van der Waals surface area (Å²) in [5, 5.41) is 22.5. The highest BCUT2D eigenvalue weighted by molar-refractivity contribution is 8.26. The predicted octanol–water partition coefficient (Wildman–Crippen LogP) is 6.74. The monoisotopic (exact) mass is 660 g/mol. The van der Waals surface area contributed by atoms with E-state index in [9.17, 15) is 45.8 Å². The molecular weight excluding hydrogens is 642 g/mol. The fraction of sp³-hybridized carbons (Fsp3) is 0.185. The molecule has 16 heteroatoms. The van der Waals surface area contributed by atoms with Gasteiger partial charge < -0.3 is 15.5 Å². The summed E-state index contributed by atoms with van der Waals surface area (Å²) in [7, 11) is 0. The lowest BCUT2D eigenvalue weighted by atomic mass is 10.0. The number of aliphatic hydroxyl groups excluding tert-OH is 1. The second kappa shape index (κ2) is 12.5. The number of carboxylic acid groups (broad SMARTS) is 1. The minimum absolute atomic E-state index is 0.0161. The van der Waals surface area contributed by atoms with Gasteiger partial charge in [-0.2, -0.15) is 26.3 Å². The number of thiocarbonyl (C=S) groups is 1. The summed E-state index contributed by atoms with van der Waals surface area (Å²) in [6.45, 7) is -0.489. The van der Waals surface area contributed by atoms with Crippen LogP contribution in [0.25, 0.3) is 17.2 Å². The summed E-state index contributed by atoms with van der Waals surface area (Å²) in [5.41, 5.74) is -2.96.